The highest BCUT2D eigenvalue weighted by atomic mass is 16.2. The molecule has 0 aromatic heterocycles. The maximum absolute atomic E-state index is 11.8. The van der Waals surface area contributed by atoms with Gasteiger partial charge in [-0.25, -0.2) is 4.79 Å². The van der Waals surface area contributed by atoms with Gasteiger partial charge in [0.1, 0.15) is 0 Å². The zero-order chi connectivity index (χ0) is 13.0. The van der Waals surface area contributed by atoms with Crippen molar-refractivity contribution in [3.05, 3.63) is 29.3 Å². The summed E-state index contributed by atoms with van der Waals surface area (Å²) in [6.45, 7) is 1.91. The molecule has 1 fully saturated rings. The number of aryl methyl sites for hydroxylation is 1. The Morgan fingerprint density at radius 1 is 1.39 bits per heavy atom. The van der Waals surface area contributed by atoms with Crippen LogP contribution in [0.2, 0.25) is 0 Å². The van der Waals surface area contributed by atoms with Gasteiger partial charge in [-0.3, -0.25) is 0 Å². The molecule has 0 radical (unpaired) electrons. The summed E-state index contributed by atoms with van der Waals surface area (Å²) in [5, 5.41) is 14.6. The third kappa shape index (κ3) is 3.01. The van der Waals surface area contributed by atoms with Crippen LogP contribution in [-0.2, 0) is 0 Å². The fourth-order valence-corrected chi connectivity index (χ4v) is 2.24. The van der Waals surface area contributed by atoms with E-state index >= 15 is 0 Å². The Labute approximate surface area is 107 Å². The van der Waals surface area contributed by atoms with E-state index in [0.29, 0.717) is 17.3 Å². The number of carbonyl (C=O) groups is 1. The van der Waals surface area contributed by atoms with Gasteiger partial charge in [0.25, 0.3) is 0 Å². The molecule has 2 amide bonds. The van der Waals surface area contributed by atoms with E-state index in [0.717, 1.165) is 18.4 Å². The van der Waals surface area contributed by atoms with Crippen molar-refractivity contribution in [3.63, 3.8) is 0 Å². The molecule has 94 valence electrons. The molecule has 1 aliphatic carbocycles. The summed E-state index contributed by atoms with van der Waals surface area (Å²) in [6.07, 6.45) is 4.50. The van der Waals surface area contributed by atoms with Crippen LogP contribution in [-0.4, -0.2) is 12.1 Å². The first-order valence-corrected chi connectivity index (χ1v) is 6.27. The van der Waals surface area contributed by atoms with Crippen molar-refractivity contribution in [3.8, 4) is 6.07 Å². The SMILES string of the molecule is Cc1ccc(C#N)cc1NC(=O)NC1CCCC1. The minimum atomic E-state index is -0.180. The zero-order valence-corrected chi connectivity index (χ0v) is 10.5. The molecule has 0 atom stereocenters. The number of rotatable bonds is 2. The van der Waals surface area contributed by atoms with Crippen LogP contribution >= 0.6 is 0 Å². The van der Waals surface area contributed by atoms with Crippen molar-refractivity contribution < 1.29 is 4.79 Å². The van der Waals surface area contributed by atoms with Gasteiger partial charge in [0.05, 0.1) is 11.6 Å². The average molecular weight is 243 g/mol. The fraction of sp³-hybridized carbons (Fsp3) is 0.429. The summed E-state index contributed by atoms with van der Waals surface area (Å²) in [5.41, 5.74) is 2.21. The number of hydrogen-bond acceptors (Lipinski definition) is 2. The molecule has 4 nitrogen and oxygen atoms in total. The van der Waals surface area contributed by atoms with Gasteiger partial charge in [0.2, 0.25) is 0 Å². The molecule has 1 aliphatic rings. The van der Waals surface area contributed by atoms with Gasteiger partial charge in [0.15, 0.2) is 0 Å². The van der Waals surface area contributed by atoms with E-state index in [1.165, 1.54) is 12.8 Å². The summed E-state index contributed by atoms with van der Waals surface area (Å²) in [6, 6.07) is 7.46. The Bertz CT molecular complexity index is 484. The van der Waals surface area contributed by atoms with E-state index in [2.05, 4.69) is 16.7 Å². The Kier molecular flexibility index (Phi) is 3.83. The largest absolute Gasteiger partial charge is 0.335 e. The van der Waals surface area contributed by atoms with Crippen LogP contribution in [0.15, 0.2) is 18.2 Å². The number of amides is 2. The third-order valence-corrected chi connectivity index (χ3v) is 3.31. The molecule has 0 saturated heterocycles. The highest BCUT2D eigenvalue weighted by Gasteiger charge is 2.17. The van der Waals surface area contributed by atoms with Crippen molar-refractivity contribution in [2.75, 3.05) is 5.32 Å². The molecule has 2 rings (SSSR count). The topological polar surface area (TPSA) is 64.9 Å². The van der Waals surface area contributed by atoms with Gasteiger partial charge in [-0.2, -0.15) is 5.26 Å². The van der Waals surface area contributed by atoms with Crippen LogP contribution in [0.4, 0.5) is 10.5 Å². The van der Waals surface area contributed by atoms with Gasteiger partial charge in [-0.15, -0.1) is 0 Å². The second kappa shape index (κ2) is 5.54. The smallest absolute Gasteiger partial charge is 0.319 e. The first-order valence-electron chi connectivity index (χ1n) is 6.27. The van der Waals surface area contributed by atoms with E-state index in [-0.39, 0.29) is 6.03 Å². The normalized spacial score (nSPS) is 15.1. The van der Waals surface area contributed by atoms with Gasteiger partial charge in [-0.1, -0.05) is 18.9 Å². The van der Waals surface area contributed by atoms with Crippen molar-refractivity contribution in [2.24, 2.45) is 0 Å². The molecule has 0 heterocycles. The second-order valence-corrected chi connectivity index (χ2v) is 4.72. The number of urea groups is 1. The maximum atomic E-state index is 11.8. The Morgan fingerprint density at radius 2 is 2.11 bits per heavy atom. The van der Waals surface area contributed by atoms with E-state index in [1.54, 1.807) is 12.1 Å². The number of carbonyl (C=O) groups excluding carboxylic acids is 1. The highest BCUT2D eigenvalue weighted by molar-refractivity contribution is 5.90. The van der Waals surface area contributed by atoms with Crippen LogP contribution in [0.1, 0.15) is 36.8 Å². The maximum Gasteiger partial charge on any atom is 0.319 e. The van der Waals surface area contributed by atoms with E-state index in [4.69, 9.17) is 5.26 Å². The lowest BCUT2D eigenvalue weighted by Gasteiger charge is -2.14. The molecule has 18 heavy (non-hydrogen) atoms. The summed E-state index contributed by atoms with van der Waals surface area (Å²) >= 11 is 0. The summed E-state index contributed by atoms with van der Waals surface area (Å²) in [7, 11) is 0. The van der Waals surface area contributed by atoms with Crippen molar-refractivity contribution in [1.29, 1.82) is 5.26 Å². The summed E-state index contributed by atoms with van der Waals surface area (Å²) in [4.78, 5) is 11.8. The van der Waals surface area contributed by atoms with Crippen LogP contribution in [0.25, 0.3) is 0 Å². The number of anilines is 1. The first-order chi connectivity index (χ1) is 8.69. The predicted molar refractivity (Wildman–Crippen MR) is 70.3 cm³/mol. The summed E-state index contributed by atoms with van der Waals surface area (Å²) < 4.78 is 0. The molecular formula is C14H17N3O. The standard InChI is InChI=1S/C14H17N3O/c1-10-6-7-11(9-15)8-13(10)17-14(18)16-12-4-2-3-5-12/h6-8,12H,2-5H2,1H3,(H2,16,17,18). The minimum absolute atomic E-state index is 0.180. The lowest BCUT2D eigenvalue weighted by atomic mass is 10.1. The lowest BCUT2D eigenvalue weighted by Crippen LogP contribution is -2.36. The first kappa shape index (κ1) is 12.4. The van der Waals surface area contributed by atoms with Crippen molar-refractivity contribution >= 4 is 11.7 Å². The molecule has 4 heteroatoms. The number of nitriles is 1. The molecule has 0 bridgehead atoms. The van der Waals surface area contributed by atoms with Crippen LogP contribution < -0.4 is 10.6 Å². The third-order valence-electron chi connectivity index (χ3n) is 3.31. The van der Waals surface area contributed by atoms with Crippen molar-refractivity contribution in [2.45, 2.75) is 38.6 Å². The van der Waals surface area contributed by atoms with Gasteiger partial charge >= 0.3 is 6.03 Å². The molecule has 1 aromatic carbocycles. The summed E-state index contributed by atoms with van der Waals surface area (Å²) in [5.74, 6) is 0. The minimum Gasteiger partial charge on any atom is -0.335 e. The van der Waals surface area contributed by atoms with E-state index in [1.807, 2.05) is 13.0 Å². The number of benzene rings is 1. The quantitative estimate of drug-likeness (QED) is 0.838. The molecular weight excluding hydrogens is 226 g/mol. The van der Waals surface area contributed by atoms with Crippen molar-refractivity contribution in [1.82, 2.24) is 5.32 Å². The molecule has 2 N–H and O–H groups in total. The number of nitrogens with zero attached hydrogens (tertiary/aromatic N) is 1. The second-order valence-electron chi connectivity index (χ2n) is 4.72. The van der Waals surface area contributed by atoms with Crippen LogP contribution in [0, 0.1) is 18.3 Å². The van der Waals surface area contributed by atoms with E-state index in [9.17, 15) is 4.79 Å². The fourth-order valence-electron chi connectivity index (χ4n) is 2.24. The van der Waals surface area contributed by atoms with Crippen LogP contribution in [0.5, 0.6) is 0 Å². The number of hydrogen-bond donors (Lipinski definition) is 2. The number of nitrogens with one attached hydrogen (secondary N) is 2. The molecule has 1 saturated carbocycles. The van der Waals surface area contributed by atoms with Gasteiger partial charge in [-0.05, 0) is 37.5 Å². The van der Waals surface area contributed by atoms with Crippen LogP contribution in [0.3, 0.4) is 0 Å². The van der Waals surface area contributed by atoms with Gasteiger partial charge in [0, 0.05) is 11.7 Å². The Morgan fingerprint density at radius 3 is 2.78 bits per heavy atom. The predicted octanol–water partition coefficient (Wildman–Crippen LogP) is 2.93. The monoisotopic (exact) mass is 243 g/mol. The highest BCUT2D eigenvalue weighted by Crippen LogP contribution is 2.19. The Balaban J connectivity index is 1.99. The molecule has 0 aliphatic heterocycles. The average Bonchev–Trinajstić information content (AvgIpc) is 2.84. The Hall–Kier alpha value is -2.02. The zero-order valence-electron chi connectivity index (χ0n) is 10.5. The lowest BCUT2D eigenvalue weighted by molar-refractivity contribution is 0.248. The molecule has 1 aromatic rings. The van der Waals surface area contributed by atoms with E-state index < -0.39 is 0 Å². The van der Waals surface area contributed by atoms with Gasteiger partial charge < -0.3 is 10.6 Å². The molecule has 0 spiro atoms. The molecule has 0 unspecified atom stereocenters.